The first kappa shape index (κ1) is 20.0. The van der Waals surface area contributed by atoms with E-state index in [1.807, 2.05) is 13.1 Å². The highest BCUT2D eigenvalue weighted by Crippen LogP contribution is 2.28. The first-order chi connectivity index (χ1) is 14.6. The summed E-state index contributed by atoms with van der Waals surface area (Å²) in [6.07, 6.45) is 6.40. The van der Waals surface area contributed by atoms with E-state index in [2.05, 4.69) is 20.3 Å². The number of carbonyl (C=O) groups excluding carboxylic acids is 1. The highest BCUT2D eigenvalue weighted by atomic mass is 19.1. The van der Waals surface area contributed by atoms with E-state index in [0.29, 0.717) is 18.9 Å². The second-order valence-corrected chi connectivity index (χ2v) is 6.84. The van der Waals surface area contributed by atoms with E-state index in [1.165, 1.54) is 7.11 Å². The molecule has 9 nitrogen and oxygen atoms in total. The molecule has 0 spiro atoms. The summed E-state index contributed by atoms with van der Waals surface area (Å²) in [4.78, 5) is 25.6. The van der Waals surface area contributed by atoms with Crippen molar-refractivity contribution >= 4 is 17.2 Å². The molecule has 3 aromatic heterocycles. The first-order valence-electron chi connectivity index (χ1n) is 9.70. The standard InChI is InChI=1S/C20H22FN5O4/c1-3-30-20-17-23-15(12-5-4-6-29-11-12)9-26(17)10-16(25-20)18(27)24-14-7-13(21)8-22-19(14)28-2/h7-10,12H,3-6,11H2,1-2H3,(H,24,27)/t12-/m1/s1. The Bertz CT molecular complexity index is 1060. The number of nitrogens with one attached hydrogen (secondary N) is 1. The van der Waals surface area contributed by atoms with E-state index in [9.17, 15) is 9.18 Å². The van der Waals surface area contributed by atoms with E-state index in [4.69, 9.17) is 14.2 Å². The monoisotopic (exact) mass is 415 g/mol. The Balaban J connectivity index is 1.68. The van der Waals surface area contributed by atoms with Gasteiger partial charge in [0.15, 0.2) is 0 Å². The molecule has 0 aromatic carbocycles. The second-order valence-electron chi connectivity index (χ2n) is 6.84. The molecule has 1 aliphatic heterocycles. The summed E-state index contributed by atoms with van der Waals surface area (Å²) < 4.78 is 31.5. The van der Waals surface area contributed by atoms with Gasteiger partial charge in [-0.3, -0.25) is 9.20 Å². The van der Waals surface area contributed by atoms with Crippen molar-refractivity contribution in [3.63, 3.8) is 0 Å². The number of carbonyl (C=O) groups is 1. The van der Waals surface area contributed by atoms with Crippen molar-refractivity contribution < 1.29 is 23.4 Å². The van der Waals surface area contributed by atoms with Crippen LogP contribution in [0.1, 0.15) is 41.9 Å². The summed E-state index contributed by atoms with van der Waals surface area (Å²) >= 11 is 0. The Hall–Kier alpha value is -3.27. The molecule has 10 heteroatoms. The zero-order chi connectivity index (χ0) is 21.1. The fraction of sp³-hybridized carbons (Fsp3) is 0.400. The van der Waals surface area contributed by atoms with E-state index < -0.39 is 11.7 Å². The molecule has 4 heterocycles. The van der Waals surface area contributed by atoms with Crippen LogP contribution in [0.2, 0.25) is 0 Å². The molecule has 0 saturated carbocycles. The predicted molar refractivity (Wildman–Crippen MR) is 106 cm³/mol. The van der Waals surface area contributed by atoms with Gasteiger partial charge in [0.25, 0.3) is 11.8 Å². The van der Waals surface area contributed by atoms with Gasteiger partial charge in [0.05, 0.1) is 32.2 Å². The van der Waals surface area contributed by atoms with Crippen LogP contribution in [-0.4, -0.2) is 52.2 Å². The molecule has 1 fully saturated rings. The summed E-state index contributed by atoms with van der Waals surface area (Å²) in [5.74, 6) is -0.623. The Morgan fingerprint density at radius 1 is 1.37 bits per heavy atom. The molecule has 0 aliphatic carbocycles. The van der Waals surface area contributed by atoms with Gasteiger partial charge < -0.3 is 19.5 Å². The Labute approximate surface area is 172 Å². The fourth-order valence-electron chi connectivity index (χ4n) is 3.37. The molecule has 30 heavy (non-hydrogen) atoms. The molecule has 1 atom stereocenters. The molecule has 0 bridgehead atoms. The zero-order valence-electron chi connectivity index (χ0n) is 16.7. The highest BCUT2D eigenvalue weighted by Gasteiger charge is 2.22. The predicted octanol–water partition coefficient (Wildman–Crippen LogP) is 2.82. The lowest BCUT2D eigenvalue weighted by atomic mass is 9.99. The molecule has 4 rings (SSSR count). The number of halogens is 1. The Morgan fingerprint density at radius 2 is 2.23 bits per heavy atom. The number of rotatable bonds is 6. The number of fused-ring (bicyclic) bond motifs is 1. The van der Waals surface area contributed by atoms with E-state index >= 15 is 0 Å². The number of amides is 1. The van der Waals surface area contributed by atoms with Crippen molar-refractivity contribution in [2.75, 3.05) is 32.2 Å². The normalized spacial score (nSPS) is 16.4. The number of aromatic nitrogens is 4. The highest BCUT2D eigenvalue weighted by molar-refractivity contribution is 6.03. The average Bonchev–Trinajstić information content (AvgIpc) is 3.19. The van der Waals surface area contributed by atoms with Gasteiger partial charge in [-0.05, 0) is 19.8 Å². The number of hydrogen-bond donors (Lipinski definition) is 1. The summed E-state index contributed by atoms with van der Waals surface area (Å²) in [5.41, 5.74) is 1.58. The van der Waals surface area contributed by atoms with E-state index in [-0.39, 0.29) is 29.1 Å². The molecular formula is C20H22FN5O4. The minimum Gasteiger partial charge on any atom is -0.480 e. The molecule has 1 N–H and O–H groups in total. The summed E-state index contributed by atoms with van der Waals surface area (Å²) in [5, 5.41) is 2.58. The van der Waals surface area contributed by atoms with Crippen molar-refractivity contribution in [2.24, 2.45) is 0 Å². The van der Waals surface area contributed by atoms with E-state index in [0.717, 1.165) is 37.4 Å². The van der Waals surface area contributed by atoms with Crippen LogP contribution in [0.5, 0.6) is 11.8 Å². The van der Waals surface area contributed by atoms with Crippen molar-refractivity contribution in [2.45, 2.75) is 25.7 Å². The van der Waals surface area contributed by atoms with Crippen molar-refractivity contribution in [1.29, 1.82) is 0 Å². The lowest BCUT2D eigenvalue weighted by Crippen LogP contribution is -2.16. The van der Waals surface area contributed by atoms with Gasteiger partial charge in [-0.15, -0.1) is 0 Å². The third-order valence-electron chi connectivity index (χ3n) is 4.78. The Kier molecular flexibility index (Phi) is 5.75. The third-order valence-corrected chi connectivity index (χ3v) is 4.78. The van der Waals surface area contributed by atoms with Crippen LogP contribution < -0.4 is 14.8 Å². The number of methoxy groups -OCH3 is 1. The number of ether oxygens (including phenoxy) is 3. The summed E-state index contributed by atoms with van der Waals surface area (Å²) in [6, 6.07) is 1.13. The van der Waals surface area contributed by atoms with Gasteiger partial charge in [0.2, 0.25) is 11.5 Å². The molecule has 1 amide bonds. The molecule has 3 aromatic rings. The smallest absolute Gasteiger partial charge is 0.276 e. The maximum absolute atomic E-state index is 13.6. The van der Waals surface area contributed by atoms with Gasteiger partial charge in [-0.1, -0.05) is 0 Å². The lowest BCUT2D eigenvalue weighted by Gasteiger charge is -2.19. The molecule has 0 radical (unpaired) electrons. The van der Waals surface area contributed by atoms with Gasteiger partial charge in [-0.25, -0.2) is 19.3 Å². The number of nitrogens with zero attached hydrogens (tertiary/aromatic N) is 4. The fourth-order valence-corrected chi connectivity index (χ4v) is 3.37. The molecule has 0 unspecified atom stereocenters. The first-order valence-corrected chi connectivity index (χ1v) is 9.70. The van der Waals surface area contributed by atoms with Crippen LogP contribution >= 0.6 is 0 Å². The minimum absolute atomic E-state index is 0.0844. The van der Waals surface area contributed by atoms with Crippen molar-refractivity contribution in [1.82, 2.24) is 19.4 Å². The number of anilines is 1. The molecule has 1 aliphatic rings. The van der Waals surface area contributed by atoms with Crippen LogP contribution in [-0.2, 0) is 4.74 Å². The quantitative estimate of drug-likeness (QED) is 0.661. The topological polar surface area (TPSA) is 99.9 Å². The number of imidazole rings is 1. The van der Waals surface area contributed by atoms with Crippen LogP contribution in [0.25, 0.3) is 5.65 Å². The molecule has 158 valence electrons. The second kappa shape index (κ2) is 8.62. The molecule has 1 saturated heterocycles. The van der Waals surface area contributed by atoms with Crippen LogP contribution in [0.4, 0.5) is 10.1 Å². The van der Waals surface area contributed by atoms with Crippen molar-refractivity contribution in [3.8, 4) is 11.8 Å². The van der Waals surface area contributed by atoms with Gasteiger partial charge >= 0.3 is 0 Å². The van der Waals surface area contributed by atoms with Gasteiger partial charge in [0, 0.05) is 31.0 Å². The maximum atomic E-state index is 13.6. The minimum atomic E-state index is -0.599. The third kappa shape index (κ3) is 4.04. The van der Waals surface area contributed by atoms with Gasteiger partial charge in [0.1, 0.15) is 17.2 Å². The number of pyridine rings is 1. The van der Waals surface area contributed by atoms with Crippen LogP contribution in [0.3, 0.4) is 0 Å². The summed E-state index contributed by atoms with van der Waals surface area (Å²) in [7, 11) is 1.38. The van der Waals surface area contributed by atoms with E-state index in [1.54, 1.807) is 10.6 Å². The molecular weight excluding hydrogens is 393 g/mol. The number of hydrogen-bond acceptors (Lipinski definition) is 7. The Morgan fingerprint density at radius 3 is 2.97 bits per heavy atom. The largest absolute Gasteiger partial charge is 0.480 e. The van der Waals surface area contributed by atoms with Crippen LogP contribution in [0.15, 0.2) is 24.7 Å². The van der Waals surface area contributed by atoms with Crippen molar-refractivity contribution in [3.05, 3.63) is 41.9 Å². The maximum Gasteiger partial charge on any atom is 0.276 e. The SMILES string of the molecule is CCOc1nc(C(=O)Nc2cc(F)cnc2OC)cn2cc([C@@H]3CCCOC3)nc12. The van der Waals surface area contributed by atoms with Crippen LogP contribution in [0, 0.1) is 5.82 Å². The zero-order valence-corrected chi connectivity index (χ0v) is 16.7. The lowest BCUT2D eigenvalue weighted by molar-refractivity contribution is 0.0794. The van der Waals surface area contributed by atoms with Gasteiger partial charge in [-0.2, -0.15) is 0 Å². The average molecular weight is 415 g/mol. The summed E-state index contributed by atoms with van der Waals surface area (Å²) in [6.45, 7) is 3.57.